The number of carboxylic acids is 1. The average molecular weight is 358 g/mol. The van der Waals surface area contributed by atoms with Crippen LogP contribution in [-0.2, 0) is 14.4 Å². The number of carbonyl (C=O) groups excluding carboxylic acids is 2. The third-order valence-corrected chi connectivity index (χ3v) is 5.76. The zero-order valence-corrected chi connectivity index (χ0v) is 15.1. The van der Waals surface area contributed by atoms with E-state index in [1.165, 1.54) is 0 Å². The van der Waals surface area contributed by atoms with Gasteiger partial charge in [-0.1, -0.05) is 49.6 Å². The van der Waals surface area contributed by atoms with Crippen molar-refractivity contribution < 1.29 is 19.5 Å². The molecule has 2 amide bonds. The second-order valence-corrected chi connectivity index (χ2v) is 7.47. The second kappa shape index (κ2) is 7.48. The van der Waals surface area contributed by atoms with Gasteiger partial charge in [0.25, 0.3) is 0 Å². The summed E-state index contributed by atoms with van der Waals surface area (Å²) in [4.78, 5) is 38.6. The van der Waals surface area contributed by atoms with E-state index in [-0.39, 0.29) is 24.3 Å². The van der Waals surface area contributed by atoms with E-state index in [1.807, 2.05) is 37.3 Å². The van der Waals surface area contributed by atoms with Gasteiger partial charge in [0.2, 0.25) is 11.8 Å². The number of likely N-dealkylation sites (tertiary alicyclic amines) is 1. The Morgan fingerprint density at radius 2 is 1.85 bits per heavy atom. The molecule has 1 saturated carbocycles. The van der Waals surface area contributed by atoms with Gasteiger partial charge in [-0.2, -0.15) is 0 Å². The van der Waals surface area contributed by atoms with Crippen molar-refractivity contribution in [2.75, 3.05) is 6.54 Å². The molecule has 1 heterocycles. The highest BCUT2D eigenvalue weighted by Gasteiger charge is 2.44. The quantitative estimate of drug-likeness (QED) is 0.847. The summed E-state index contributed by atoms with van der Waals surface area (Å²) >= 11 is 0. The zero-order chi connectivity index (χ0) is 18.7. The number of aliphatic carboxylic acids is 1. The minimum Gasteiger partial charge on any atom is -0.480 e. The van der Waals surface area contributed by atoms with Crippen LogP contribution in [0.3, 0.4) is 0 Å². The summed E-state index contributed by atoms with van der Waals surface area (Å²) in [6.45, 7) is 2.28. The van der Waals surface area contributed by atoms with Crippen molar-refractivity contribution in [1.29, 1.82) is 0 Å². The fourth-order valence-corrected chi connectivity index (χ4v) is 4.08. The highest BCUT2D eigenvalue weighted by atomic mass is 16.4. The number of hydrogen-bond donors (Lipinski definition) is 2. The van der Waals surface area contributed by atoms with E-state index in [0.29, 0.717) is 19.4 Å². The molecule has 1 aromatic rings. The maximum absolute atomic E-state index is 12.7. The second-order valence-electron chi connectivity index (χ2n) is 7.47. The van der Waals surface area contributed by atoms with Gasteiger partial charge in [0.15, 0.2) is 0 Å². The molecule has 0 unspecified atom stereocenters. The molecule has 2 atom stereocenters. The SMILES string of the molecule is C[C@H](c1ccccc1)N1C[C@H](C(=O)NC2(C(=O)O)CCCCC2)CC1=O. The van der Waals surface area contributed by atoms with Gasteiger partial charge >= 0.3 is 5.97 Å². The summed E-state index contributed by atoms with van der Waals surface area (Å²) in [5, 5.41) is 12.4. The lowest BCUT2D eigenvalue weighted by Gasteiger charge is -2.34. The first kappa shape index (κ1) is 18.4. The molecule has 1 aliphatic heterocycles. The van der Waals surface area contributed by atoms with E-state index in [4.69, 9.17) is 0 Å². The summed E-state index contributed by atoms with van der Waals surface area (Å²) in [6.07, 6.45) is 3.65. The van der Waals surface area contributed by atoms with E-state index in [9.17, 15) is 19.5 Å². The Balaban J connectivity index is 1.68. The van der Waals surface area contributed by atoms with Crippen LogP contribution in [0.25, 0.3) is 0 Å². The Labute approximate surface area is 153 Å². The topological polar surface area (TPSA) is 86.7 Å². The first-order valence-electron chi connectivity index (χ1n) is 9.33. The van der Waals surface area contributed by atoms with Crippen LogP contribution in [0, 0.1) is 5.92 Å². The molecule has 2 aliphatic rings. The number of nitrogens with one attached hydrogen (secondary N) is 1. The Hall–Kier alpha value is -2.37. The molecule has 26 heavy (non-hydrogen) atoms. The van der Waals surface area contributed by atoms with E-state index in [0.717, 1.165) is 24.8 Å². The molecular weight excluding hydrogens is 332 g/mol. The molecule has 1 aromatic carbocycles. The number of rotatable bonds is 5. The van der Waals surface area contributed by atoms with E-state index in [1.54, 1.807) is 4.90 Å². The molecule has 0 radical (unpaired) electrons. The molecule has 1 saturated heterocycles. The average Bonchev–Trinajstić information content (AvgIpc) is 3.04. The lowest BCUT2D eigenvalue weighted by Crippen LogP contribution is -2.57. The lowest BCUT2D eigenvalue weighted by atomic mass is 9.81. The maximum Gasteiger partial charge on any atom is 0.329 e. The van der Waals surface area contributed by atoms with Crippen molar-refractivity contribution in [3.8, 4) is 0 Å². The molecule has 0 aromatic heterocycles. The fraction of sp³-hybridized carbons (Fsp3) is 0.550. The van der Waals surface area contributed by atoms with Gasteiger partial charge in [0, 0.05) is 13.0 Å². The number of nitrogens with zero attached hydrogens (tertiary/aromatic N) is 1. The standard InChI is InChI=1S/C20H26N2O4/c1-14(15-8-4-2-5-9-15)22-13-16(12-17(22)23)18(24)21-20(19(25)26)10-6-3-7-11-20/h2,4-5,8-9,14,16H,3,6-7,10-13H2,1H3,(H,21,24)(H,25,26)/t14-,16-/m1/s1. The van der Waals surface area contributed by atoms with Crippen molar-refractivity contribution in [3.05, 3.63) is 35.9 Å². The van der Waals surface area contributed by atoms with Gasteiger partial charge in [-0.3, -0.25) is 9.59 Å². The maximum atomic E-state index is 12.7. The lowest BCUT2D eigenvalue weighted by molar-refractivity contribution is -0.150. The predicted molar refractivity (Wildman–Crippen MR) is 96.3 cm³/mol. The van der Waals surface area contributed by atoms with E-state index >= 15 is 0 Å². The Bertz CT molecular complexity index is 682. The van der Waals surface area contributed by atoms with Crippen LogP contribution in [0.1, 0.15) is 57.1 Å². The normalized spacial score (nSPS) is 23.5. The largest absolute Gasteiger partial charge is 0.480 e. The monoisotopic (exact) mass is 358 g/mol. The molecule has 3 rings (SSSR count). The number of carbonyl (C=O) groups is 3. The Morgan fingerprint density at radius 3 is 2.46 bits per heavy atom. The third kappa shape index (κ3) is 3.59. The fourth-order valence-electron chi connectivity index (χ4n) is 4.08. The van der Waals surface area contributed by atoms with Crippen LogP contribution in [0.5, 0.6) is 0 Å². The van der Waals surface area contributed by atoms with Gasteiger partial charge in [0.1, 0.15) is 5.54 Å². The summed E-state index contributed by atoms with van der Waals surface area (Å²) in [6, 6.07) is 9.60. The minimum atomic E-state index is -1.17. The van der Waals surface area contributed by atoms with Crippen LogP contribution < -0.4 is 5.32 Å². The van der Waals surface area contributed by atoms with Crippen LogP contribution >= 0.6 is 0 Å². The highest BCUT2D eigenvalue weighted by molar-refractivity contribution is 5.93. The summed E-state index contributed by atoms with van der Waals surface area (Å²) in [5.74, 6) is -1.84. The van der Waals surface area contributed by atoms with Crippen molar-refractivity contribution in [2.24, 2.45) is 5.92 Å². The van der Waals surface area contributed by atoms with Crippen molar-refractivity contribution in [3.63, 3.8) is 0 Å². The molecule has 0 bridgehead atoms. The van der Waals surface area contributed by atoms with Gasteiger partial charge in [-0.15, -0.1) is 0 Å². The minimum absolute atomic E-state index is 0.0606. The number of benzene rings is 1. The Kier molecular flexibility index (Phi) is 5.30. The van der Waals surface area contributed by atoms with Crippen molar-refractivity contribution >= 4 is 17.8 Å². The molecule has 6 nitrogen and oxygen atoms in total. The van der Waals surface area contributed by atoms with Crippen LogP contribution in [0.15, 0.2) is 30.3 Å². The Morgan fingerprint density at radius 1 is 1.19 bits per heavy atom. The number of carboxylic acid groups (broad SMARTS) is 1. The van der Waals surface area contributed by atoms with Crippen LogP contribution in [0.2, 0.25) is 0 Å². The smallest absolute Gasteiger partial charge is 0.329 e. The summed E-state index contributed by atoms with van der Waals surface area (Å²) in [7, 11) is 0. The van der Waals surface area contributed by atoms with Crippen molar-refractivity contribution in [2.45, 2.75) is 57.0 Å². The van der Waals surface area contributed by atoms with E-state index < -0.39 is 17.4 Å². The molecule has 6 heteroatoms. The predicted octanol–water partition coefficient (Wildman–Crippen LogP) is 2.50. The van der Waals surface area contributed by atoms with Gasteiger partial charge < -0.3 is 15.3 Å². The molecule has 140 valence electrons. The molecule has 2 N–H and O–H groups in total. The van der Waals surface area contributed by atoms with E-state index in [2.05, 4.69) is 5.32 Å². The molecule has 1 aliphatic carbocycles. The summed E-state index contributed by atoms with van der Waals surface area (Å²) in [5.41, 5.74) is -0.146. The van der Waals surface area contributed by atoms with Gasteiger partial charge in [-0.25, -0.2) is 4.79 Å². The van der Waals surface area contributed by atoms with Crippen LogP contribution in [0.4, 0.5) is 0 Å². The van der Waals surface area contributed by atoms with Crippen molar-refractivity contribution in [1.82, 2.24) is 10.2 Å². The van der Waals surface area contributed by atoms with Gasteiger partial charge in [0.05, 0.1) is 12.0 Å². The first-order chi connectivity index (χ1) is 12.4. The number of hydrogen-bond acceptors (Lipinski definition) is 3. The third-order valence-electron chi connectivity index (χ3n) is 5.76. The van der Waals surface area contributed by atoms with Crippen LogP contribution in [-0.4, -0.2) is 39.9 Å². The molecule has 2 fully saturated rings. The zero-order valence-electron chi connectivity index (χ0n) is 15.1. The number of amides is 2. The molecular formula is C20H26N2O4. The van der Waals surface area contributed by atoms with Gasteiger partial charge in [-0.05, 0) is 25.3 Å². The summed E-state index contributed by atoms with van der Waals surface area (Å²) < 4.78 is 0. The highest BCUT2D eigenvalue weighted by Crippen LogP contribution is 2.32. The molecule has 0 spiro atoms. The first-order valence-corrected chi connectivity index (χ1v) is 9.33.